The molecule has 0 aliphatic carbocycles. The summed E-state index contributed by atoms with van der Waals surface area (Å²) >= 11 is 2.18. The molecule has 2 aliphatic rings. The van der Waals surface area contributed by atoms with E-state index >= 15 is 0 Å². The van der Waals surface area contributed by atoms with Gasteiger partial charge in [0.1, 0.15) is 30.3 Å². The van der Waals surface area contributed by atoms with Crippen LogP contribution in [0.3, 0.4) is 0 Å². The summed E-state index contributed by atoms with van der Waals surface area (Å²) < 4.78 is 5.22. The van der Waals surface area contributed by atoms with Gasteiger partial charge in [-0.05, 0) is 23.6 Å². The number of non-ortho nitro benzene ring substituents is 1. The highest BCUT2D eigenvalue weighted by Crippen LogP contribution is 2.39. The number of carbonyl (C=O) groups excluding carboxylic acids is 4. The maximum absolute atomic E-state index is 13.1. The van der Waals surface area contributed by atoms with Gasteiger partial charge in [0, 0.05) is 23.3 Å². The Morgan fingerprint density at radius 2 is 2.10 bits per heavy atom. The first-order valence-corrected chi connectivity index (χ1v) is 14.2. The zero-order valence-electron chi connectivity index (χ0n) is 21.8. The number of anilines is 1. The molecule has 3 atom stereocenters. The summed E-state index contributed by atoms with van der Waals surface area (Å²) in [6.45, 7) is 3.48. The molecule has 0 saturated carbocycles. The first-order chi connectivity index (χ1) is 19.5. The molecule has 17 heteroatoms. The number of benzene rings is 1. The Morgan fingerprint density at radius 3 is 2.76 bits per heavy atom. The van der Waals surface area contributed by atoms with Crippen molar-refractivity contribution in [3.63, 3.8) is 0 Å². The van der Waals surface area contributed by atoms with E-state index in [-0.39, 0.29) is 53.7 Å². The van der Waals surface area contributed by atoms with Gasteiger partial charge in [0.25, 0.3) is 11.6 Å². The Labute approximate surface area is 241 Å². The number of nitro benzene ring substituents is 1. The van der Waals surface area contributed by atoms with E-state index in [0.29, 0.717) is 12.0 Å². The highest BCUT2D eigenvalue weighted by molar-refractivity contribution is 8.00. The second-order valence-electron chi connectivity index (χ2n) is 9.58. The summed E-state index contributed by atoms with van der Waals surface area (Å²) in [4.78, 5) is 70.4. The number of hydrogen-bond acceptors (Lipinski definition) is 13. The molecule has 3 heterocycles. The quantitative estimate of drug-likeness (QED) is 0.0772. The number of thioether (sulfide) groups is 1. The lowest BCUT2D eigenvalue weighted by Crippen LogP contribution is -2.75. The predicted octanol–water partition coefficient (Wildman–Crippen LogP) is 0.871. The van der Waals surface area contributed by atoms with Gasteiger partial charge in [0.05, 0.1) is 11.5 Å². The number of hydrogen-bond donors (Lipinski definition) is 3. The molecule has 1 aromatic heterocycles. The van der Waals surface area contributed by atoms with E-state index in [1.165, 1.54) is 34.5 Å². The number of nitrogens with zero attached hydrogens (tertiary/aromatic N) is 4. The van der Waals surface area contributed by atoms with Crippen LogP contribution in [0, 0.1) is 16.0 Å². The second kappa shape index (κ2) is 12.6. The third-order valence-corrected chi connectivity index (χ3v) is 8.24. The molecule has 15 nitrogen and oxygen atoms in total. The molecule has 218 valence electrons. The maximum atomic E-state index is 13.1. The van der Waals surface area contributed by atoms with Crippen LogP contribution in [-0.4, -0.2) is 85.7 Å². The molecule has 0 spiro atoms. The van der Waals surface area contributed by atoms with Crippen LogP contribution in [-0.2, 0) is 35.4 Å². The van der Waals surface area contributed by atoms with Crippen LogP contribution < -0.4 is 10.6 Å². The summed E-state index contributed by atoms with van der Waals surface area (Å²) in [6, 6.07) is 4.46. The number of thiazole rings is 1. The fourth-order valence-corrected chi connectivity index (χ4v) is 5.89. The summed E-state index contributed by atoms with van der Waals surface area (Å²) in [5.74, 6) is -2.15. The second-order valence-corrected chi connectivity index (χ2v) is 11.5. The molecular weight excluding hydrogens is 580 g/mol. The smallest absolute Gasteiger partial charge is 0.341 e. The fourth-order valence-electron chi connectivity index (χ4n) is 3.85. The van der Waals surface area contributed by atoms with Crippen molar-refractivity contribution >= 4 is 63.8 Å². The number of carbonyl (C=O) groups is 4. The zero-order chi connectivity index (χ0) is 29.7. The highest BCUT2D eigenvalue weighted by Gasteiger charge is 2.57. The number of esters is 1. The number of β-lactam (4-membered cyclic amide) rings is 1. The van der Waals surface area contributed by atoms with Gasteiger partial charge >= 0.3 is 5.97 Å². The average Bonchev–Trinajstić information content (AvgIpc) is 3.41. The minimum Gasteiger partial charge on any atom is -0.459 e. The van der Waals surface area contributed by atoms with Crippen LogP contribution >= 0.6 is 23.1 Å². The number of ether oxygens (including phenoxy) is 1. The summed E-state index contributed by atoms with van der Waals surface area (Å²) in [7, 11) is 0. The van der Waals surface area contributed by atoms with Gasteiger partial charge in [-0.2, -0.15) is 0 Å². The summed E-state index contributed by atoms with van der Waals surface area (Å²) in [5, 5.41) is 31.9. The van der Waals surface area contributed by atoms with Crippen molar-refractivity contribution in [2.75, 3.05) is 24.2 Å². The molecule has 3 amide bonds. The molecule has 2 unspecified atom stereocenters. The van der Waals surface area contributed by atoms with Crippen LogP contribution in [0.5, 0.6) is 0 Å². The molecule has 41 heavy (non-hydrogen) atoms. The van der Waals surface area contributed by atoms with Crippen molar-refractivity contribution in [2.24, 2.45) is 11.1 Å². The van der Waals surface area contributed by atoms with E-state index in [1.807, 2.05) is 13.8 Å². The van der Waals surface area contributed by atoms with Crippen molar-refractivity contribution in [3.8, 4) is 0 Å². The number of amides is 3. The van der Waals surface area contributed by atoms with E-state index < -0.39 is 39.7 Å². The van der Waals surface area contributed by atoms with E-state index in [0.717, 1.165) is 23.1 Å². The van der Waals surface area contributed by atoms with Crippen LogP contribution in [0.1, 0.15) is 25.1 Å². The van der Waals surface area contributed by atoms with Crippen molar-refractivity contribution in [3.05, 3.63) is 51.0 Å². The Balaban J connectivity index is 1.36. The number of nitrogens with one attached hydrogen (secondary N) is 2. The van der Waals surface area contributed by atoms with Gasteiger partial charge in [-0.25, -0.2) is 9.78 Å². The van der Waals surface area contributed by atoms with Gasteiger partial charge in [0.2, 0.25) is 12.3 Å². The molecule has 0 radical (unpaired) electrons. The molecule has 0 bridgehead atoms. The number of nitro groups is 1. The number of rotatable bonds is 12. The van der Waals surface area contributed by atoms with Crippen molar-refractivity contribution in [1.82, 2.24) is 15.2 Å². The van der Waals surface area contributed by atoms with Gasteiger partial charge in [-0.3, -0.25) is 24.5 Å². The number of aromatic nitrogens is 1. The molecule has 2 aliphatic heterocycles. The first kappa shape index (κ1) is 29.9. The van der Waals surface area contributed by atoms with Crippen LogP contribution in [0.2, 0.25) is 0 Å². The summed E-state index contributed by atoms with van der Waals surface area (Å²) in [6.07, 6.45) is 0.448. The van der Waals surface area contributed by atoms with Gasteiger partial charge in [0.15, 0.2) is 16.4 Å². The van der Waals surface area contributed by atoms with Crippen LogP contribution in [0.4, 0.5) is 10.8 Å². The van der Waals surface area contributed by atoms with Crippen molar-refractivity contribution in [2.45, 2.75) is 37.5 Å². The lowest BCUT2D eigenvalue weighted by atomic mass is 9.99. The number of aliphatic hydroxyl groups is 1. The van der Waals surface area contributed by atoms with Crippen molar-refractivity contribution < 1.29 is 38.8 Å². The third kappa shape index (κ3) is 6.80. The van der Waals surface area contributed by atoms with E-state index in [4.69, 9.17) is 9.57 Å². The maximum Gasteiger partial charge on any atom is 0.341 e. The lowest BCUT2D eigenvalue weighted by Gasteiger charge is -2.52. The van der Waals surface area contributed by atoms with Gasteiger partial charge < -0.3 is 30.2 Å². The van der Waals surface area contributed by atoms with Crippen LogP contribution in [0.15, 0.2) is 34.8 Å². The number of oxime groups is 1. The first-order valence-electron chi connectivity index (χ1n) is 12.2. The Bertz CT molecular complexity index is 1370. The topological polar surface area (TPSA) is 203 Å². The third-order valence-electron chi connectivity index (χ3n) is 5.96. The number of fused-ring (bicyclic) bond motifs is 1. The molecule has 2 aromatic rings. The van der Waals surface area contributed by atoms with Gasteiger partial charge in [-0.15, -0.1) is 23.1 Å². The monoisotopic (exact) mass is 606 g/mol. The molecule has 2 fully saturated rings. The SMILES string of the molecule is CC(C)CON=C(C(=O)NC1C(=O)N2CC(O)(C(=O)OCc3ccc([N+](=O)[O-])cc3)CS[C@H]12)c1csc(NC=O)n1. The van der Waals surface area contributed by atoms with E-state index in [2.05, 4.69) is 20.8 Å². The lowest BCUT2D eigenvalue weighted by molar-refractivity contribution is -0.384. The molecular formula is C24H26N6O9S2. The van der Waals surface area contributed by atoms with Crippen molar-refractivity contribution in [1.29, 1.82) is 0 Å². The van der Waals surface area contributed by atoms with E-state index in [1.54, 1.807) is 0 Å². The van der Waals surface area contributed by atoms with Crippen LogP contribution in [0.25, 0.3) is 0 Å². The molecule has 3 N–H and O–H groups in total. The highest BCUT2D eigenvalue weighted by atomic mass is 32.2. The Hall–Kier alpha value is -4.09. The average molecular weight is 607 g/mol. The standard InChI is InChI=1S/C24H26N6O9S2/c1-13(2)7-39-28-17(16-9-40-23(26-16)25-12-31)19(32)27-18-20(33)29-10-24(35,11-41-21(18)29)22(34)38-8-14-3-5-15(6-4-14)30(36)37/h3-6,9,12-13,18,21,35H,7-8,10-11H2,1-2H3,(H,27,32)(H,25,26,31)/t18?,21-,24?/m1/s1. The minimum absolute atomic E-state index is 0.0990. The normalized spacial score (nSPS) is 21.9. The zero-order valence-corrected chi connectivity index (χ0v) is 23.5. The fraction of sp³-hybridized carbons (Fsp3) is 0.417. The molecule has 1 aromatic carbocycles. The predicted molar refractivity (Wildman–Crippen MR) is 147 cm³/mol. The van der Waals surface area contributed by atoms with E-state index in [9.17, 15) is 34.4 Å². The summed E-state index contributed by atoms with van der Waals surface area (Å²) in [5.41, 5.74) is -1.64. The van der Waals surface area contributed by atoms with Gasteiger partial charge in [-0.1, -0.05) is 19.0 Å². The Morgan fingerprint density at radius 1 is 1.37 bits per heavy atom. The Kier molecular flexibility index (Phi) is 9.19. The molecule has 2 saturated heterocycles. The minimum atomic E-state index is -1.98. The molecule has 4 rings (SSSR count). The largest absolute Gasteiger partial charge is 0.459 e.